The number of aromatic nitrogens is 6. The first kappa shape index (κ1) is 29.5. The van der Waals surface area contributed by atoms with E-state index in [0.29, 0.717) is 34.4 Å². The van der Waals surface area contributed by atoms with Crippen molar-refractivity contribution < 1.29 is 39.6 Å². The van der Waals surface area contributed by atoms with E-state index < -0.39 is 50.1 Å². The van der Waals surface area contributed by atoms with E-state index in [0.717, 1.165) is 0 Å². The van der Waals surface area contributed by atoms with Crippen molar-refractivity contribution in [2.45, 2.75) is 13.1 Å². The Morgan fingerprint density at radius 1 is 0.571 bits per heavy atom. The highest BCUT2D eigenvalue weighted by molar-refractivity contribution is 5.73. The lowest BCUT2D eigenvalue weighted by Crippen LogP contribution is -2.34. The Bertz CT molecular complexity index is 1450. The molecular weight excluding hydrogens is 552 g/mol. The van der Waals surface area contributed by atoms with Gasteiger partial charge >= 0.3 is 23.9 Å². The summed E-state index contributed by atoms with van der Waals surface area (Å²) in [5.41, 5.74) is 1.96. The fourth-order valence-corrected chi connectivity index (χ4v) is 4.09. The van der Waals surface area contributed by atoms with Gasteiger partial charge in [-0.15, -0.1) is 0 Å². The monoisotopic (exact) mass is 578 g/mol. The van der Waals surface area contributed by atoms with Gasteiger partial charge in [-0.25, -0.2) is 19.3 Å². The molecule has 0 bridgehead atoms. The van der Waals surface area contributed by atoms with Crippen LogP contribution in [0.2, 0.25) is 0 Å². The molecule has 16 heteroatoms. The summed E-state index contributed by atoms with van der Waals surface area (Å²) in [5, 5.41) is 45.1. The maximum atomic E-state index is 11.1. The second-order valence-electron chi connectivity index (χ2n) is 9.13. The second kappa shape index (κ2) is 13.2. The third-order valence-electron chi connectivity index (χ3n) is 5.70. The Balaban J connectivity index is 1.51. The SMILES string of the molecule is O=C(O)CN(CC(=O)O)Cc1ccn(-c2cccc(-c3cccc(-n4ccc(CN(CC(=O)O)CC(=O)O)n4)n3)n2)n1. The molecule has 0 fully saturated rings. The van der Waals surface area contributed by atoms with E-state index in [1.807, 2.05) is 0 Å². The fourth-order valence-electron chi connectivity index (χ4n) is 4.09. The van der Waals surface area contributed by atoms with Crippen molar-refractivity contribution in [3.63, 3.8) is 0 Å². The van der Waals surface area contributed by atoms with Crippen LogP contribution in [0, 0.1) is 0 Å². The van der Waals surface area contributed by atoms with E-state index in [1.54, 1.807) is 60.9 Å². The predicted molar refractivity (Wildman–Crippen MR) is 143 cm³/mol. The van der Waals surface area contributed by atoms with Crippen molar-refractivity contribution >= 4 is 23.9 Å². The topological polar surface area (TPSA) is 217 Å². The maximum absolute atomic E-state index is 11.1. The van der Waals surface area contributed by atoms with Crippen LogP contribution in [0.5, 0.6) is 0 Å². The standard InChI is InChI=1S/C26H26N8O8/c35-23(36)13-31(14-24(37)38)11-17-7-9-33(29-17)21-5-1-3-19(27-21)20-4-2-6-22(28-20)34-10-8-18(30-34)12-32(15-25(39)40)16-26(41)42/h1-10H,11-16H2,(H,35,36)(H,37,38)(H,39,40)(H,41,42). The molecule has 218 valence electrons. The minimum atomic E-state index is -1.15. The summed E-state index contributed by atoms with van der Waals surface area (Å²) >= 11 is 0. The molecule has 4 N–H and O–H groups in total. The van der Waals surface area contributed by atoms with Crippen LogP contribution in [0.25, 0.3) is 23.0 Å². The highest BCUT2D eigenvalue weighted by Gasteiger charge is 2.17. The molecule has 0 aromatic carbocycles. The molecular formula is C26H26N8O8. The number of carboxylic acids is 4. The number of pyridine rings is 2. The average molecular weight is 579 g/mol. The van der Waals surface area contributed by atoms with Gasteiger partial charge in [-0.3, -0.25) is 29.0 Å². The minimum absolute atomic E-state index is 0.0190. The van der Waals surface area contributed by atoms with Crippen LogP contribution in [0.1, 0.15) is 11.4 Å². The third-order valence-corrected chi connectivity index (χ3v) is 5.70. The van der Waals surface area contributed by atoms with Crippen molar-refractivity contribution in [3.05, 3.63) is 72.3 Å². The maximum Gasteiger partial charge on any atom is 0.317 e. The first-order chi connectivity index (χ1) is 20.0. The van der Waals surface area contributed by atoms with Gasteiger partial charge in [0.15, 0.2) is 11.6 Å². The van der Waals surface area contributed by atoms with Crippen LogP contribution in [0.4, 0.5) is 0 Å². The molecule has 4 aromatic heterocycles. The molecule has 0 saturated heterocycles. The number of carbonyl (C=O) groups is 4. The van der Waals surface area contributed by atoms with Crippen molar-refractivity contribution in [3.8, 4) is 23.0 Å². The van der Waals surface area contributed by atoms with E-state index in [4.69, 9.17) is 20.4 Å². The first-order valence-corrected chi connectivity index (χ1v) is 12.4. The number of aliphatic carboxylic acids is 4. The zero-order valence-electron chi connectivity index (χ0n) is 22.0. The summed E-state index contributed by atoms with van der Waals surface area (Å²) in [6.07, 6.45) is 3.27. The van der Waals surface area contributed by atoms with Gasteiger partial charge in [0, 0.05) is 25.5 Å². The normalized spacial score (nSPS) is 11.2. The van der Waals surface area contributed by atoms with Crippen molar-refractivity contribution in [1.29, 1.82) is 0 Å². The lowest BCUT2D eigenvalue weighted by atomic mass is 10.2. The highest BCUT2D eigenvalue weighted by atomic mass is 16.4. The molecule has 16 nitrogen and oxygen atoms in total. The molecule has 0 radical (unpaired) electrons. The van der Waals surface area contributed by atoms with Gasteiger partial charge in [-0.2, -0.15) is 10.2 Å². The summed E-state index contributed by atoms with van der Waals surface area (Å²) in [5.74, 6) is -3.69. The second-order valence-corrected chi connectivity index (χ2v) is 9.13. The Morgan fingerprint density at radius 3 is 1.26 bits per heavy atom. The molecule has 4 heterocycles. The fraction of sp³-hybridized carbons (Fsp3) is 0.231. The molecule has 0 atom stereocenters. The molecule has 4 aromatic rings. The van der Waals surface area contributed by atoms with Gasteiger partial charge in [-0.05, 0) is 36.4 Å². The summed E-state index contributed by atoms with van der Waals surface area (Å²) in [7, 11) is 0. The Labute approximate surface area is 237 Å². The number of carboxylic acid groups (broad SMARTS) is 4. The molecule has 0 unspecified atom stereocenters. The number of hydrogen-bond donors (Lipinski definition) is 4. The van der Waals surface area contributed by atoms with Crippen molar-refractivity contribution in [2.24, 2.45) is 0 Å². The van der Waals surface area contributed by atoms with Gasteiger partial charge in [0.25, 0.3) is 0 Å². The molecule has 0 aliphatic rings. The zero-order chi connectivity index (χ0) is 30.2. The summed E-state index contributed by atoms with van der Waals surface area (Å²) < 4.78 is 2.98. The summed E-state index contributed by atoms with van der Waals surface area (Å²) in [6, 6.07) is 13.8. The molecule has 0 aliphatic carbocycles. The molecule has 4 rings (SSSR count). The lowest BCUT2D eigenvalue weighted by molar-refractivity contribution is -0.144. The van der Waals surface area contributed by atoms with Gasteiger partial charge in [0.2, 0.25) is 0 Å². The quantitative estimate of drug-likeness (QED) is 0.151. The van der Waals surface area contributed by atoms with E-state index in [2.05, 4.69) is 20.2 Å². The van der Waals surface area contributed by atoms with Gasteiger partial charge in [0.1, 0.15) is 0 Å². The smallest absolute Gasteiger partial charge is 0.317 e. The van der Waals surface area contributed by atoms with Crippen LogP contribution in [-0.4, -0.2) is 110 Å². The van der Waals surface area contributed by atoms with Crippen LogP contribution in [-0.2, 0) is 32.3 Å². The Kier molecular flexibility index (Phi) is 9.31. The lowest BCUT2D eigenvalue weighted by Gasteiger charge is -2.16. The largest absolute Gasteiger partial charge is 0.480 e. The molecule has 0 amide bonds. The molecule has 0 spiro atoms. The average Bonchev–Trinajstić information content (AvgIpc) is 3.57. The number of nitrogens with zero attached hydrogens (tertiary/aromatic N) is 8. The molecule has 0 aliphatic heterocycles. The van der Waals surface area contributed by atoms with Crippen LogP contribution in [0.3, 0.4) is 0 Å². The van der Waals surface area contributed by atoms with E-state index in [-0.39, 0.29) is 13.1 Å². The Morgan fingerprint density at radius 2 is 0.929 bits per heavy atom. The zero-order valence-corrected chi connectivity index (χ0v) is 22.0. The number of hydrogen-bond acceptors (Lipinski definition) is 10. The first-order valence-electron chi connectivity index (χ1n) is 12.4. The van der Waals surface area contributed by atoms with E-state index >= 15 is 0 Å². The highest BCUT2D eigenvalue weighted by Crippen LogP contribution is 2.19. The van der Waals surface area contributed by atoms with E-state index in [1.165, 1.54) is 19.2 Å². The molecule has 42 heavy (non-hydrogen) atoms. The minimum Gasteiger partial charge on any atom is -0.480 e. The van der Waals surface area contributed by atoms with Gasteiger partial charge in [-0.1, -0.05) is 12.1 Å². The number of rotatable bonds is 15. The van der Waals surface area contributed by atoms with Gasteiger partial charge < -0.3 is 20.4 Å². The predicted octanol–water partition coefficient (Wildman–Crippen LogP) is 0.457. The van der Waals surface area contributed by atoms with Crippen LogP contribution < -0.4 is 0 Å². The van der Waals surface area contributed by atoms with Crippen LogP contribution in [0.15, 0.2) is 60.9 Å². The van der Waals surface area contributed by atoms with Gasteiger partial charge in [0.05, 0.1) is 49.0 Å². The van der Waals surface area contributed by atoms with E-state index in [9.17, 15) is 19.2 Å². The van der Waals surface area contributed by atoms with Crippen LogP contribution >= 0.6 is 0 Å². The molecule has 0 saturated carbocycles. The summed E-state index contributed by atoms with van der Waals surface area (Å²) in [4.78, 5) is 56.1. The third kappa shape index (κ3) is 8.26. The Hall–Kier alpha value is -5.48. The van der Waals surface area contributed by atoms with Crippen molar-refractivity contribution in [1.82, 2.24) is 39.3 Å². The summed E-state index contributed by atoms with van der Waals surface area (Å²) in [6.45, 7) is -1.76. The van der Waals surface area contributed by atoms with Crippen molar-refractivity contribution in [2.75, 3.05) is 26.2 Å².